The third kappa shape index (κ3) is 3.72. The number of furan rings is 1. The minimum absolute atomic E-state index is 0.629. The molecule has 8 aromatic rings. The Morgan fingerprint density at radius 1 is 0.390 bits per heavy atom. The Labute approximate surface area is 237 Å². The van der Waals surface area contributed by atoms with Crippen molar-refractivity contribution in [3.05, 3.63) is 145 Å². The molecule has 2 nitrogen and oxygen atoms in total. The molecule has 41 heavy (non-hydrogen) atoms. The molecule has 0 unspecified atom stereocenters. The predicted octanol–water partition coefficient (Wildman–Crippen LogP) is 10.8. The van der Waals surface area contributed by atoms with Crippen molar-refractivity contribution < 1.29 is 4.42 Å². The average Bonchev–Trinajstić information content (AvgIpc) is 3.41. The van der Waals surface area contributed by atoms with Gasteiger partial charge >= 0.3 is 0 Å². The molecule has 0 atom stereocenters. The smallest absolute Gasteiger partial charge is 0.135 e. The third-order valence-corrected chi connectivity index (χ3v) is 8.08. The second-order valence-corrected chi connectivity index (χ2v) is 10.4. The van der Waals surface area contributed by atoms with E-state index < -0.39 is 0 Å². The average molecular weight is 522 g/mol. The van der Waals surface area contributed by atoms with E-state index in [1.54, 1.807) is 6.07 Å². The van der Waals surface area contributed by atoms with Gasteiger partial charge in [0.2, 0.25) is 0 Å². The quantitative estimate of drug-likeness (QED) is 0.217. The summed E-state index contributed by atoms with van der Waals surface area (Å²) >= 11 is 0. The van der Waals surface area contributed by atoms with Crippen LogP contribution in [0.5, 0.6) is 0 Å². The first-order chi connectivity index (χ1) is 20.3. The van der Waals surface area contributed by atoms with Gasteiger partial charge in [-0.05, 0) is 91.3 Å². The minimum atomic E-state index is 0.629. The van der Waals surface area contributed by atoms with Crippen molar-refractivity contribution in [1.29, 1.82) is 5.26 Å². The summed E-state index contributed by atoms with van der Waals surface area (Å²) in [5.41, 5.74) is 9.39. The van der Waals surface area contributed by atoms with Gasteiger partial charge in [0.1, 0.15) is 11.2 Å². The van der Waals surface area contributed by atoms with E-state index in [9.17, 15) is 5.26 Å². The highest BCUT2D eigenvalue weighted by Crippen LogP contribution is 2.45. The Kier molecular flexibility index (Phi) is 5.23. The van der Waals surface area contributed by atoms with Crippen LogP contribution in [0, 0.1) is 11.3 Å². The Bertz CT molecular complexity index is 2310. The molecule has 0 aliphatic rings. The topological polar surface area (TPSA) is 36.9 Å². The molecule has 0 bridgehead atoms. The fourth-order valence-electron chi connectivity index (χ4n) is 6.22. The second kappa shape index (κ2) is 9.23. The molecule has 0 saturated heterocycles. The summed E-state index contributed by atoms with van der Waals surface area (Å²) in [4.78, 5) is 0. The molecule has 7 aromatic carbocycles. The van der Waals surface area contributed by atoms with E-state index in [-0.39, 0.29) is 0 Å². The van der Waals surface area contributed by atoms with Crippen LogP contribution in [0.15, 0.2) is 144 Å². The Morgan fingerprint density at radius 2 is 0.878 bits per heavy atom. The molecule has 0 N–H and O–H groups in total. The molecule has 0 aliphatic heterocycles. The Hall–Kier alpha value is -5.65. The van der Waals surface area contributed by atoms with Crippen LogP contribution in [0.1, 0.15) is 5.56 Å². The monoisotopic (exact) mass is 521 g/mol. The molecule has 1 aromatic heterocycles. The van der Waals surface area contributed by atoms with Gasteiger partial charge in [0, 0.05) is 10.8 Å². The number of fused-ring (bicyclic) bond motifs is 5. The molecule has 0 fully saturated rings. The Morgan fingerprint density at radius 3 is 1.51 bits per heavy atom. The molecule has 190 valence electrons. The highest BCUT2D eigenvalue weighted by molar-refractivity contribution is 6.22. The maximum Gasteiger partial charge on any atom is 0.135 e. The Balaban J connectivity index is 1.45. The largest absolute Gasteiger partial charge is 0.456 e. The number of hydrogen-bond acceptors (Lipinski definition) is 2. The van der Waals surface area contributed by atoms with E-state index in [2.05, 4.69) is 121 Å². The third-order valence-electron chi connectivity index (χ3n) is 8.08. The fourth-order valence-corrected chi connectivity index (χ4v) is 6.22. The zero-order valence-corrected chi connectivity index (χ0v) is 22.1. The van der Waals surface area contributed by atoms with Gasteiger partial charge in [-0.1, -0.05) is 103 Å². The minimum Gasteiger partial charge on any atom is -0.456 e. The highest BCUT2D eigenvalue weighted by Gasteiger charge is 2.17. The molecule has 1 heterocycles. The van der Waals surface area contributed by atoms with Crippen LogP contribution in [-0.4, -0.2) is 0 Å². The molecule has 2 heteroatoms. The van der Waals surface area contributed by atoms with Gasteiger partial charge in [0.05, 0.1) is 11.6 Å². The fraction of sp³-hybridized carbons (Fsp3) is 0. The lowest BCUT2D eigenvalue weighted by atomic mass is 9.85. The van der Waals surface area contributed by atoms with Crippen molar-refractivity contribution in [1.82, 2.24) is 0 Å². The van der Waals surface area contributed by atoms with Gasteiger partial charge in [-0.25, -0.2) is 0 Å². The molecule has 0 spiro atoms. The maximum atomic E-state index is 9.46. The second-order valence-electron chi connectivity index (χ2n) is 10.4. The summed E-state index contributed by atoms with van der Waals surface area (Å²) in [6.07, 6.45) is 0. The lowest BCUT2D eigenvalue weighted by Gasteiger charge is -2.18. The highest BCUT2D eigenvalue weighted by atomic mass is 16.3. The predicted molar refractivity (Wildman–Crippen MR) is 170 cm³/mol. The standard InChI is InChI=1S/C39H23NO/c40-24-25-15-19-36-33(21-25)34-22-29(17-20-37(34)41-36)28-16-18-32-35(23-28)39(27-11-5-2-6-12-27)31-14-8-7-13-30(31)38(32)26-9-3-1-4-10-26/h1-23H. The van der Waals surface area contributed by atoms with Gasteiger partial charge in [-0.2, -0.15) is 5.26 Å². The van der Waals surface area contributed by atoms with Gasteiger partial charge in [-0.3, -0.25) is 0 Å². The van der Waals surface area contributed by atoms with Crippen molar-refractivity contribution in [2.24, 2.45) is 0 Å². The van der Waals surface area contributed by atoms with Gasteiger partial charge in [-0.15, -0.1) is 0 Å². The van der Waals surface area contributed by atoms with Gasteiger partial charge in [0.25, 0.3) is 0 Å². The summed E-state index contributed by atoms with van der Waals surface area (Å²) in [6, 6.07) is 51.1. The summed E-state index contributed by atoms with van der Waals surface area (Å²) < 4.78 is 6.09. The first-order valence-electron chi connectivity index (χ1n) is 13.7. The first kappa shape index (κ1) is 23.3. The van der Waals surface area contributed by atoms with E-state index in [0.29, 0.717) is 5.56 Å². The van der Waals surface area contributed by atoms with Crippen molar-refractivity contribution in [3.63, 3.8) is 0 Å². The summed E-state index contributed by atoms with van der Waals surface area (Å²) in [5.74, 6) is 0. The number of nitrogens with zero attached hydrogens (tertiary/aromatic N) is 1. The SMILES string of the molecule is N#Cc1ccc2oc3ccc(-c4ccc5c(-c6ccccc6)c6ccccc6c(-c6ccccc6)c5c4)cc3c2c1. The zero-order valence-electron chi connectivity index (χ0n) is 22.1. The van der Waals surface area contributed by atoms with Crippen LogP contribution < -0.4 is 0 Å². The molecule has 8 rings (SSSR count). The van der Waals surface area contributed by atoms with Gasteiger partial charge in [0.15, 0.2) is 0 Å². The lowest BCUT2D eigenvalue weighted by Crippen LogP contribution is -1.91. The number of rotatable bonds is 3. The van der Waals surface area contributed by atoms with Crippen molar-refractivity contribution in [2.75, 3.05) is 0 Å². The molecule has 0 radical (unpaired) electrons. The van der Waals surface area contributed by atoms with Crippen LogP contribution in [-0.2, 0) is 0 Å². The normalized spacial score (nSPS) is 11.4. The van der Waals surface area contributed by atoms with Crippen molar-refractivity contribution in [3.8, 4) is 39.4 Å². The summed E-state index contributed by atoms with van der Waals surface area (Å²) in [5, 5.41) is 16.4. The van der Waals surface area contributed by atoms with Crippen LogP contribution in [0.4, 0.5) is 0 Å². The summed E-state index contributed by atoms with van der Waals surface area (Å²) in [7, 11) is 0. The van der Waals surface area contributed by atoms with Crippen molar-refractivity contribution in [2.45, 2.75) is 0 Å². The number of benzene rings is 7. The maximum absolute atomic E-state index is 9.46. The van der Waals surface area contributed by atoms with Crippen LogP contribution in [0.2, 0.25) is 0 Å². The summed E-state index contributed by atoms with van der Waals surface area (Å²) in [6.45, 7) is 0. The number of nitriles is 1. The van der Waals surface area contributed by atoms with E-state index in [1.165, 1.54) is 43.8 Å². The van der Waals surface area contributed by atoms with E-state index >= 15 is 0 Å². The molecular weight excluding hydrogens is 498 g/mol. The lowest BCUT2D eigenvalue weighted by molar-refractivity contribution is 0.669. The number of hydrogen-bond donors (Lipinski definition) is 0. The van der Waals surface area contributed by atoms with Crippen LogP contribution in [0.25, 0.3) is 76.9 Å². The van der Waals surface area contributed by atoms with Crippen LogP contribution >= 0.6 is 0 Å². The molecule has 0 amide bonds. The van der Waals surface area contributed by atoms with Gasteiger partial charge < -0.3 is 4.42 Å². The van der Waals surface area contributed by atoms with E-state index in [1.807, 2.05) is 18.2 Å². The van der Waals surface area contributed by atoms with E-state index in [0.717, 1.165) is 33.1 Å². The van der Waals surface area contributed by atoms with E-state index in [4.69, 9.17) is 4.42 Å². The first-order valence-corrected chi connectivity index (χ1v) is 13.7. The molecular formula is C39H23NO. The van der Waals surface area contributed by atoms with Crippen LogP contribution in [0.3, 0.4) is 0 Å². The van der Waals surface area contributed by atoms with Crippen molar-refractivity contribution >= 4 is 43.5 Å². The molecule has 0 saturated carbocycles. The zero-order chi connectivity index (χ0) is 27.3. The molecule has 0 aliphatic carbocycles.